The van der Waals surface area contributed by atoms with Gasteiger partial charge in [0.2, 0.25) is 5.91 Å². The number of nitrogens with zero attached hydrogens (tertiary/aromatic N) is 1. The van der Waals surface area contributed by atoms with Crippen molar-refractivity contribution in [2.75, 3.05) is 25.1 Å². The van der Waals surface area contributed by atoms with Crippen LogP contribution in [0.15, 0.2) is 23.1 Å². The Morgan fingerprint density at radius 2 is 2.12 bits per heavy atom. The lowest BCUT2D eigenvalue weighted by Crippen LogP contribution is -2.30. The monoisotopic (exact) mass is 254 g/mol. The average Bonchev–Trinajstić information content (AvgIpc) is 2.30. The van der Waals surface area contributed by atoms with Crippen LogP contribution in [0.4, 0.5) is 5.69 Å². The Balaban J connectivity index is 2.83. The summed E-state index contributed by atoms with van der Waals surface area (Å²) in [5.41, 5.74) is 7.11. The van der Waals surface area contributed by atoms with E-state index in [0.29, 0.717) is 17.1 Å². The molecule has 0 fully saturated rings. The Hall–Kier alpha value is -1.36. The molecule has 17 heavy (non-hydrogen) atoms. The van der Waals surface area contributed by atoms with Gasteiger partial charge < -0.3 is 10.6 Å². The zero-order valence-corrected chi connectivity index (χ0v) is 11.2. The maximum Gasteiger partial charge on any atom is 0.235 e. The van der Waals surface area contributed by atoms with E-state index in [1.165, 1.54) is 0 Å². The van der Waals surface area contributed by atoms with Gasteiger partial charge in [0.15, 0.2) is 0 Å². The van der Waals surface area contributed by atoms with Crippen molar-refractivity contribution in [1.29, 1.82) is 0 Å². The number of hydrogen-bond acceptors (Lipinski definition) is 3. The van der Waals surface area contributed by atoms with Crippen molar-refractivity contribution in [1.82, 2.24) is 4.90 Å². The van der Waals surface area contributed by atoms with Crippen molar-refractivity contribution in [3.8, 4) is 0 Å². The lowest BCUT2D eigenvalue weighted by atomic mass is 10.2. The number of rotatable bonds is 4. The summed E-state index contributed by atoms with van der Waals surface area (Å²) >= 11 is 0. The molecule has 1 rings (SSSR count). The molecule has 1 atom stereocenters. The highest BCUT2D eigenvalue weighted by Gasteiger charge is 2.14. The summed E-state index contributed by atoms with van der Waals surface area (Å²) in [7, 11) is 0.371. The first-order chi connectivity index (χ1) is 7.95. The molecule has 5 heteroatoms. The fraction of sp³-hybridized carbons (Fsp3) is 0.417. The van der Waals surface area contributed by atoms with E-state index in [1.807, 2.05) is 19.9 Å². The molecule has 4 nitrogen and oxygen atoms in total. The zero-order valence-electron chi connectivity index (χ0n) is 10.4. The Morgan fingerprint density at radius 1 is 1.47 bits per heavy atom. The lowest BCUT2D eigenvalue weighted by molar-refractivity contribution is -0.126. The molecule has 0 heterocycles. The van der Waals surface area contributed by atoms with Crippen LogP contribution in [0.2, 0.25) is 0 Å². The van der Waals surface area contributed by atoms with Crippen molar-refractivity contribution in [2.45, 2.75) is 18.7 Å². The SMILES string of the molecule is CCN(C)C(=O)CS(=O)c1cc(N)ccc1C. The molecule has 1 amide bonds. The normalized spacial score (nSPS) is 12.2. The van der Waals surface area contributed by atoms with Crippen molar-refractivity contribution < 1.29 is 9.00 Å². The highest BCUT2D eigenvalue weighted by molar-refractivity contribution is 7.85. The Morgan fingerprint density at radius 3 is 2.71 bits per heavy atom. The van der Waals surface area contributed by atoms with Gasteiger partial charge in [0, 0.05) is 24.2 Å². The van der Waals surface area contributed by atoms with E-state index in [9.17, 15) is 9.00 Å². The molecule has 1 aromatic carbocycles. The fourth-order valence-corrected chi connectivity index (χ4v) is 2.63. The van der Waals surface area contributed by atoms with Gasteiger partial charge in [-0.05, 0) is 31.5 Å². The highest BCUT2D eigenvalue weighted by Crippen LogP contribution is 2.17. The van der Waals surface area contributed by atoms with E-state index in [1.54, 1.807) is 24.1 Å². The molecule has 0 aliphatic heterocycles. The second kappa shape index (κ2) is 5.82. The quantitative estimate of drug-likeness (QED) is 0.820. The maximum atomic E-state index is 12.1. The highest BCUT2D eigenvalue weighted by atomic mass is 32.2. The van der Waals surface area contributed by atoms with Gasteiger partial charge >= 0.3 is 0 Å². The summed E-state index contributed by atoms with van der Waals surface area (Å²) < 4.78 is 12.1. The van der Waals surface area contributed by atoms with Gasteiger partial charge in [-0.1, -0.05) is 6.07 Å². The molecule has 0 radical (unpaired) electrons. The van der Waals surface area contributed by atoms with Gasteiger partial charge in [-0.25, -0.2) is 0 Å². The fourth-order valence-electron chi connectivity index (χ4n) is 1.34. The van der Waals surface area contributed by atoms with Crippen LogP contribution < -0.4 is 5.73 Å². The number of amides is 1. The smallest absolute Gasteiger partial charge is 0.235 e. The van der Waals surface area contributed by atoms with Crippen molar-refractivity contribution in [3.63, 3.8) is 0 Å². The Labute approximate surface area is 104 Å². The minimum absolute atomic E-state index is 0.00856. The minimum atomic E-state index is -1.33. The third kappa shape index (κ3) is 3.56. The standard InChI is InChI=1S/C12H18N2O2S/c1-4-14(3)12(15)8-17(16)11-7-10(13)6-5-9(11)2/h5-7H,4,8,13H2,1-3H3. The van der Waals surface area contributed by atoms with Gasteiger partial charge in [0.25, 0.3) is 0 Å². The molecule has 0 aromatic heterocycles. The van der Waals surface area contributed by atoms with Gasteiger partial charge in [0.05, 0.1) is 10.8 Å². The van der Waals surface area contributed by atoms with E-state index in [4.69, 9.17) is 5.73 Å². The van der Waals surface area contributed by atoms with Gasteiger partial charge in [-0.3, -0.25) is 9.00 Å². The van der Waals surface area contributed by atoms with Crippen LogP contribution in [0.5, 0.6) is 0 Å². The van der Waals surface area contributed by atoms with Crippen molar-refractivity contribution >= 4 is 22.4 Å². The third-order valence-corrected chi connectivity index (χ3v) is 4.05. The molecule has 94 valence electrons. The van der Waals surface area contributed by atoms with Gasteiger partial charge in [-0.2, -0.15) is 0 Å². The summed E-state index contributed by atoms with van der Waals surface area (Å²) in [4.78, 5) is 13.9. The summed E-state index contributed by atoms with van der Waals surface area (Å²) in [6.07, 6.45) is 0. The van der Waals surface area contributed by atoms with E-state index in [2.05, 4.69) is 0 Å². The predicted octanol–water partition coefficient (Wildman–Crippen LogP) is 1.16. The number of carbonyl (C=O) groups is 1. The van der Waals surface area contributed by atoms with Crippen LogP contribution in [-0.2, 0) is 15.6 Å². The number of nitrogens with two attached hydrogens (primary N) is 1. The maximum absolute atomic E-state index is 12.1. The number of aryl methyl sites for hydroxylation is 1. The van der Waals surface area contributed by atoms with Crippen molar-refractivity contribution in [3.05, 3.63) is 23.8 Å². The number of anilines is 1. The van der Waals surface area contributed by atoms with Crippen LogP contribution in [-0.4, -0.2) is 34.4 Å². The van der Waals surface area contributed by atoms with E-state index >= 15 is 0 Å². The second-order valence-electron chi connectivity index (χ2n) is 3.92. The molecule has 2 N–H and O–H groups in total. The van der Waals surface area contributed by atoms with Crippen LogP contribution in [0.25, 0.3) is 0 Å². The number of hydrogen-bond donors (Lipinski definition) is 1. The topological polar surface area (TPSA) is 63.4 Å². The van der Waals surface area contributed by atoms with E-state index in [0.717, 1.165) is 5.56 Å². The van der Waals surface area contributed by atoms with E-state index < -0.39 is 10.8 Å². The van der Waals surface area contributed by atoms with Crippen LogP contribution in [0.1, 0.15) is 12.5 Å². The van der Waals surface area contributed by atoms with Gasteiger partial charge in [-0.15, -0.1) is 0 Å². The largest absolute Gasteiger partial charge is 0.399 e. The predicted molar refractivity (Wildman–Crippen MR) is 70.2 cm³/mol. The minimum Gasteiger partial charge on any atom is -0.399 e. The average molecular weight is 254 g/mol. The Kier molecular flexibility index (Phi) is 4.69. The Bertz CT molecular complexity index is 446. The van der Waals surface area contributed by atoms with Crippen molar-refractivity contribution in [2.24, 2.45) is 0 Å². The molecule has 1 unspecified atom stereocenters. The number of nitrogen functional groups attached to an aromatic ring is 1. The first-order valence-electron chi connectivity index (χ1n) is 5.44. The van der Waals surface area contributed by atoms with Crippen LogP contribution in [0, 0.1) is 6.92 Å². The first-order valence-corrected chi connectivity index (χ1v) is 6.76. The third-order valence-electron chi connectivity index (χ3n) is 2.61. The van der Waals surface area contributed by atoms with Crippen LogP contribution >= 0.6 is 0 Å². The molecule has 0 saturated carbocycles. The summed E-state index contributed by atoms with van der Waals surface area (Å²) in [5.74, 6) is -0.109. The van der Waals surface area contributed by atoms with Gasteiger partial charge in [0.1, 0.15) is 5.75 Å². The molecule has 0 spiro atoms. The second-order valence-corrected chi connectivity index (χ2v) is 5.34. The molecular formula is C12H18N2O2S. The molecule has 0 aliphatic carbocycles. The molecule has 0 bridgehead atoms. The molecular weight excluding hydrogens is 236 g/mol. The summed E-state index contributed by atoms with van der Waals surface area (Å²) in [6, 6.07) is 5.25. The van der Waals surface area contributed by atoms with E-state index in [-0.39, 0.29) is 11.7 Å². The molecule has 1 aromatic rings. The zero-order chi connectivity index (χ0) is 13.0. The lowest BCUT2D eigenvalue weighted by Gasteiger charge is -2.14. The summed E-state index contributed by atoms with van der Waals surface area (Å²) in [6.45, 7) is 4.36. The number of benzene rings is 1. The summed E-state index contributed by atoms with van der Waals surface area (Å²) in [5, 5.41) is 0. The number of carbonyl (C=O) groups excluding carboxylic acids is 1. The molecule has 0 aliphatic rings. The first kappa shape index (κ1) is 13.7. The molecule has 0 saturated heterocycles. The van der Waals surface area contributed by atoms with Crippen LogP contribution in [0.3, 0.4) is 0 Å².